The molecule has 2 rings (SSSR count). The minimum atomic E-state index is -0.460. The van der Waals surface area contributed by atoms with E-state index < -0.39 is 5.97 Å². The van der Waals surface area contributed by atoms with Gasteiger partial charge in [-0.15, -0.1) is 11.3 Å². The number of carbonyl (C=O) groups excluding carboxylic acids is 1. The first-order valence-electron chi connectivity index (χ1n) is 5.02. The highest BCUT2D eigenvalue weighted by atomic mass is 35.5. The number of nitrogen functional groups attached to an aromatic ring is 1. The fraction of sp³-hybridized carbons (Fsp3) is 0.0833. The van der Waals surface area contributed by atoms with E-state index in [2.05, 4.69) is 0 Å². The molecular weight excluding hydrogens is 293 g/mol. The van der Waals surface area contributed by atoms with Crippen LogP contribution in [0.15, 0.2) is 29.6 Å². The molecule has 0 spiro atoms. The molecule has 0 fully saturated rings. The molecule has 0 saturated heterocycles. The lowest BCUT2D eigenvalue weighted by Crippen LogP contribution is -2.05. The summed E-state index contributed by atoms with van der Waals surface area (Å²) < 4.78 is 5.14. The quantitative estimate of drug-likeness (QED) is 0.872. The van der Waals surface area contributed by atoms with Crippen LogP contribution in [0.4, 0.5) is 5.69 Å². The van der Waals surface area contributed by atoms with Crippen LogP contribution in [0, 0.1) is 0 Å². The molecule has 0 bridgehead atoms. The first kappa shape index (κ1) is 13.2. The summed E-state index contributed by atoms with van der Waals surface area (Å²) in [5.74, 6) is -0.460. The Balaban J connectivity index is 2.06. The van der Waals surface area contributed by atoms with Crippen molar-refractivity contribution in [1.82, 2.24) is 0 Å². The number of anilines is 1. The molecule has 0 unspecified atom stereocenters. The smallest absolute Gasteiger partial charge is 0.350 e. The van der Waals surface area contributed by atoms with E-state index in [1.807, 2.05) is 0 Å². The Morgan fingerprint density at radius 3 is 2.78 bits per heavy atom. The molecule has 0 saturated carbocycles. The third kappa shape index (κ3) is 2.96. The minimum Gasteiger partial charge on any atom is -0.457 e. The second-order valence-electron chi connectivity index (χ2n) is 3.52. The van der Waals surface area contributed by atoms with Gasteiger partial charge < -0.3 is 10.5 Å². The van der Waals surface area contributed by atoms with Gasteiger partial charge >= 0.3 is 5.97 Å². The van der Waals surface area contributed by atoms with E-state index in [1.54, 1.807) is 29.6 Å². The third-order valence-electron chi connectivity index (χ3n) is 2.25. The Bertz CT molecular complexity index is 583. The maximum absolute atomic E-state index is 11.7. The monoisotopic (exact) mass is 301 g/mol. The van der Waals surface area contributed by atoms with Crippen molar-refractivity contribution in [2.45, 2.75) is 6.61 Å². The summed E-state index contributed by atoms with van der Waals surface area (Å²) in [6.07, 6.45) is 0. The van der Waals surface area contributed by atoms with Crippen molar-refractivity contribution in [2.75, 3.05) is 5.73 Å². The summed E-state index contributed by atoms with van der Waals surface area (Å²) in [5, 5.41) is 2.78. The summed E-state index contributed by atoms with van der Waals surface area (Å²) in [6, 6.07) is 6.65. The number of esters is 1. The largest absolute Gasteiger partial charge is 0.457 e. The van der Waals surface area contributed by atoms with E-state index >= 15 is 0 Å². The lowest BCUT2D eigenvalue weighted by atomic mass is 10.2. The van der Waals surface area contributed by atoms with Gasteiger partial charge in [0.15, 0.2) is 0 Å². The molecule has 0 aliphatic heterocycles. The van der Waals surface area contributed by atoms with Gasteiger partial charge in [-0.3, -0.25) is 0 Å². The number of hydrogen-bond donors (Lipinski definition) is 1. The van der Waals surface area contributed by atoms with Gasteiger partial charge in [0.25, 0.3) is 0 Å². The molecule has 0 atom stereocenters. The average molecular weight is 302 g/mol. The van der Waals surface area contributed by atoms with Crippen LogP contribution in [0.1, 0.15) is 15.2 Å². The van der Waals surface area contributed by atoms with E-state index in [4.69, 9.17) is 33.7 Å². The lowest BCUT2D eigenvalue weighted by Gasteiger charge is -2.06. The number of thiophene rings is 1. The highest BCUT2D eigenvalue weighted by molar-refractivity contribution is 7.12. The number of hydrogen-bond acceptors (Lipinski definition) is 4. The van der Waals surface area contributed by atoms with Crippen molar-refractivity contribution in [3.63, 3.8) is 0 Å². The van der Waals surface area contributed by atoms with Crippen LogP contribution < -0.4 is 5.73 Å². The predicted molar refractivity (Wildman–Crippen MR) is 74.3 cm³/mol. The van der Waals surface area contributed by atoms with Crippen LogP contribution in [-0.4, -0.2) is 5.97 Å². The van der Waals surface area contributed by atoms with Gasteiger partial charge in [0.05, 0.1) is 5.69 Å². The van der Waals surface area contributed by atoms with E-state index in [0.717, 1.165) is 0 Å². The zero-order valence-electron chi connectivity index (χ0n) is 9.15. The fourth-order valence-corrected chi connectivity index (χ4v) is 2.42. The van der Waals surface area contributed by atoms with E-state index in [-0.39, 0.29) is 6.61 Å². The second kappa shape index (κ2) is 5.61. The van der Waals surface area contributed by atoms with Gasteiger partial charge in [0.1, 0.15) is 11.5 Å². The van der Waals surface area contributed by atoms with Crippen LogP contribution in [0.25, 0.3) is 0 Å². The van der Waals surface area contributed by atoms with Crippen molar-refractivity contribution in [3.05, 3.63) is 50.1 Å². The molecule has 0 aliphatic rings. The van der Waals surface area contributed by atoms with E-state index in [9.17, 15) is 4.79 Å². The number of halogens is 2. The molecule has 18 heavy (non-hydrogen) atoms. The fourth-order valence-electron chi connectivity index (χ4n) is 1.35. The lowest BCUT2D eigenvalue weighted by molar-refractivity contribution is 0.0480. The molecule has 6 heteroatoms. The zero-order valence-corrected chi connectivity index (χ0v) is 11.5. The SMILES string of the molecule is Nc1ccsc1C(=O)OCc1cc(Cl)ccc1Cl. The van der Waals surface area contributed by atoms with Gasteiger partial charge in [-0.2, -0.15) is 0 Å². The van der Waals surface area contributed by atoms with E-state index in [0.29, 0.717) is 26.2 Å². The number of benzene rings is 1. The highest BCUT2D eigenvalue weighted by Gasteiger charge is 2.13. The first-order chi connectivity index (χ1) is 8.58. The summed E-state index contributed by atoms with van der Waals surface area (Å²) in [7, 11) is 0. The van der Waals surface area contributed by atoms with Crippen molar-refractivity contribution in [2.24, 2.45) is 0 Å². The number of rotatable bonds is 3. The Kier molecular flexibility index (Phi) is 4.11. The van der Waals surface area contributed by atoms with Crippen LogP contribution in [0.3, 0.4) is 0 Å². The third-order valence-corrected chi connectivity index (χ3v) is 3.76. The number of carbonyl (C=O) groups is 1. The van der Waals surface area contributed by atoms with Gasteiger partial charge in [0, 0.05) is 15.6 Å². The summed E-state index contributed by atoms with van der Waals surface area (Å²) in [6.45, 7) is 0.0650. The Hall–Kier alpha value is -1.23. The molecule has 0 radical (unpaired) electrons. The predicted octanol–water partition coefficient (Wildman–Crippen LogP) is 3.99. The zero-order chi connectivity index (χ0) is 13.1. The summed E-state index contributed by atoms with van der Waals surface area (Å²) in [5.41, 5.74) is 6.71. The van der Waals surface area contributed by atoms with Crippen molar-refractivity contribution >= 4 is 46.2 Å². The number of ether oxygens (including phenoxy) is 1. The molecule has 0 amide bonds. The van der Waals surface area contributed by atoms with Gasteiger partial charge in [-0.25, -0.2) is 4.79 Å². The molecule has 2 N–H and O–H groups in total. The molecular formula is C12H9Cl2NO2S. The van der Waals surface area contributed by atoms with Crippen molar-refractivity contribution in [1.29, 1.82) is 0 Å². The Labute approximate surface area is 118 Å². The van der Waals surface area contributed by atoms with Crippen molar-refractivity contribution in [3.8, 4) is 0 Å². The minimum absolute atomic E-state index is 0.0650. The first-order valence-corrected chi connectivity index (χ1v) is 6.65. The standard InChI is InChI=1S/C12H9Cl2NO2S/c13-8-1-2-9(14)7(5-8)6-17-12(16)11-10(15)3-4-18-11/h1-5H,6,15H2. The van der Waals surface area contributed by atoms with E-state index in [1.165, 1.54) is 11.3 Å². The molecule has 2 aromatic rings. The normalized spacial score (nSPS) is 10.3. The van der Waals surface area contributed by atoms with Gasteiger partial charge in [0.2, 0.25) is 0 Å². The topological polar surface area (TPSA) is 52.3 Å². The highest BCUT2D eigenvalue weighted by Crippen LogP contribution is 2.23. The van der Waals surface area contributed by atoms with Crippen LogP contribution in [0.5, 0.6) is 0 Å². The van der Waals surface area contributed by atoms with Gasteiger partial charge in [-0.05, 0) is 29.6 Å². The molecule has 3 nitrogen and oxygen atoms in total. The molecule has 0 aliphatic carbocycles. The molecule has 1 aromatic carbocycles. The number of nitrogens with two attached hydrogens (primary N) is 1. The maximum atomic E-state index is 11.7. The molecule has 1 aromatic heterocycles. The van der Waals surface area contributed by atoms with Gasteiger partial charge in [-0.1, -0.05) is 23.2 Å². The molecule has 94 valence electrons. The summed E-state index contributed by atoms with van der Waals surface area (Å²) in [4.78, 5) is 12.1. The Morgan fingerprint density at radius 2 is 2.11 bits per heavy atom. The van der Waals surface area contributed by atoms with Crippen LogP contribution in [-0.2, 0) is 11.3 Å². The van der Waals surface area contributed by atoms with Crippen LogP contribution in [0.2, 0.25) is 10.0 Å². The molecule has 1 heterocycles. The second-order valence-corrected chi connectivity index (χ2v) is 5.28. The summed E-state index contributed by atoms with van der Waals surface area (Å²) >= 11 is 13.0. The Morgan fingerprint density at radius 1 is 1.33 bits per heavy atom. The van der Waals surface area contributed by atoms with Crippen LogP contribution >= 0.6 is 34.5 Å². The maximum Gasteiger partial charge on any atom is 0.350 e. The van der Waals surface area contributed by atoms with Crippen molar-refractivity contribution < 1.29 is 9.53 Å². The average Bonchev–Trinajstić information content (AvgIpc) is 2.76.